The van der Waals surface area contributed by atoms with Crippen molar-refractivity contribution < 1.29 is 9.47 Å². The molecule has 0 amide bonds. The van der Waals surface area contributed by atoms with Gasteiger partial charge in [-0.25, -0.2) is 0 Å². The molecule has 1 aromatic heterocycles. The van der Waals surface area contributed by atoms with E-state index in [9.17, 15) is 0 Å². The van der Waals surface area contributed by atoms with E-state index in [0.717, 1.165) is 49.4 Å². The van der Waals surface area contributed by atoms with E-state index in [4.69, 9.17) is 9.47 Å². The molecule has 2 aromatic carbocycles. The maximum absolute atomic E-state index is 5.55. The van der Waals surface area contributed by atoms with Crippen LogP contribution in [-0.4, -0.2) is 43.7 Å². The fourth-order valence-corrected chi connectivity index (χ4v) is 5.13. The van der Waals surface area contributed by atoms with Gasteiger partial charge in [0, 0.05) is 42.3 Å². The molecule has 1 aliphatic heterocycles. The predicted octanol–water partition coefficient (Wildman–Crippen LogP) is 5.08. The zero-order chi connectivity index (χ0) is 20.5. The van der Waals surface area contributed by atoms with Crippen LogP contribution in [0.2, 0.25) is 0 Å². The number of aromatic nitrogens is 1. The Morgan fingerprint density at radius 1 is 1.03 bits per heavy atom. The largest absolute Gasteiger partial charge is 0.493 e. The second kappa shape index (κ2) is 8.19. The highest BCUT2D eigenvalue weighted by Crippen LogP contribution is 2.38. The quantitative estimate of drug-likeness (QED) is 0.647. The first-order valence-electron chi connectivity index (χ1n) is 11.0. The van der Waals surface area contributed by atoms with Crippen LogP contribution in [-0.2, 0) is 12.8 Å². The molecular weight excluding hydrogens is 372 g/mol. The van der Waals surface area contributed by atoms with Gasteiger partial charge < -0.3 is 14.5 Å². The number of rotatable bonds is 5. The minimum atomic E-state index is 0.705. The third kappa shape index (κ3) is 3.61. The Hall–Kier alpha value is -2.72. The molecule has 2 aliphatic rings. The van der Waals surface area contributed by atoms with E-state index in [-0.39, 0.29) is 0 Å². The van der Waals surface area contributed by atoms with Gasteiger partial charge in [0.2, 0.25) is 0 Å². The summed E-state index contributed by atoms with van der Waals surface area (Å²) in [5.41, 5.74) is 6.89. The number of H-pyrrole nitrogens is 1. The second-order valence-electron chi connectivity index (χ2n) is 8.55. The summed E-state index contributed by atoms with van der Waals surface area (Å²) in [5.74, 6) is 2.30. The Balaban J connectivity index is 1.30. The van der Waals surface area contributed by atoms with Gasteiger partial charge in [0.25, 0.3) is 0 Å². The van der Waals surface area contributed by atoms with Crippen molar-refractivity contribution in [1.29, 1.82) is 0 Å². The first kappa shape index (κ1) is 19.3. The lowest BCUT2D eigenvalue weighted by atomic mass is 9.85. The number of aromatic amines is 1. The highest BCUT2D eigenvalue weighted by atomic mass is 16.5. The number of nitrogens with zero attached hydrogens (tertiary/aromatic N) is 1. The lowest BCUT2D eigenvalue weighted by Gasteiger charge is -2.32. The van der Waals surface area contributed by atoms with E-state index in [1.54, 1.807) is 14.2 Å². The van der Waals surface area contributed by atoms with Crippen LogP contribution in [0.4, 0.5) is 0 Å². The zero-order valence-electron chi connectivity index (χ0n) is 17.9. The number of fused-ring (bicyclic) bond motifs is 3. The monoisotopic (exact) mass is 402 g/mol. The van der Waals surface area contributed by atoms with Crippen LogP contribution >= 0.6 is 0 Å². The third-order valence-corrected chi connectivity index (χ3v) is 6.75. The number of hydrogen-bond acceptors (Lipinski definition) is 3. The molecule has 1 aliphatic carbocycles. The van der Waals surface area contributed by atoms with E-state index >= 15 is 0 Å². The van der Waals surface area contributed by atoms with E-state index in [1.165, 1.54) is 40.7 Å². The molecule has 5 rings (SSSR count). The van der Waals surface area contributed by atoms with Gasteiger partial charge in [-0.2, -0.15) is 0 Å². The van der Waals surface area contributed by atoms with Gasteiger partial charge >= 0.3 is 0 Å². The van der Waals surface area contributed by atoms with Crippen molar-refractivity contribution in [3.63, 3.8) is 0 Å². The molecule has 4 nitrogen and oxygen atoms in total. The van der Waals surface area contributed by atoms with Gasteiger partial charge in [-0.15, -0.1) is 0 Å². The summed E-state index contributed by atoms with van der Waals surface area (Å²) in [5, 5.41) is 1.29. The van der Waals surface area contributed by atoms with Crippen LogP contribution in [0.3, 0.4) is 0 Å². The number of methoxy groups -OCH3 is 2. The van der Waals surface area contributed by atoms with Crippen LogP contribution in [0.1, 0.15) is 29.7 Å². The first-order chi connectivity index (χ1) is 14.7. The normalized spacial score (nSPS) is 19.4. The number of ether oxygens (including phenoxy) is 2. The summed E-state index contributed by atoms with van der Waals surface area (Å²) in [6.45, 7) is 3.40. The van der Waals surface area contributed by atoms with Crippen molar-refractivity contribution in [1.82, 2.24) is 9.88 Å². The molecule has 0 radical (unpaired) electrons. The highest BCUT2D eigenvalue weighted by Gasteiger charge is 2.26. The van der Waals surface area contributed by atoms with E-state index in [2.05, 4.69) is 58.4 Å². The first-order valence-corrected chi connectivity index (χ1v) is 11.0. The maximum Gasteiger partial charge on any atom is 0.162 e. The van der Waals surface area contributed by atoms with Crippen LogP contribution in [0.15, 0.2) is 48.5 Å². The minimum Gasteiger partial charge on any atom is -0.493 e. The number of aryl methyl sites for hydroxylation is 1. The molecule has 1 unspecified atom stereocenters. The molecule has 0 fully saturated rings. The van der Waals surface area contributed by atoms with Crippen molar-refractivity contribution in [2.45, 2.75) is 25.7 Å². The van der Waals surface area contributed by atoms with Gasteiger partial charge in [0.05, 0.1) is 14.2 Å². The molecule has 0 saturated carbocycles. The molecule has 0 spiro atoms. The van der Waals surface area contributed by atoms with E-state index < -0.39 is 0 Å². The summed E-state index contributed by atoms with van der Waals surface area (Å²) < 4.78 is 11.0. The summed E-state index contributed by atoms with van der Waals surface area (Å²) in [6, 6.07) is 15.0. The Morgan fingerprint density at radius 3 is 2.57 bits per heavy atom. The van der Waals surface area contributed by atoms with Crippen molar-refractivity contribution in [3.8, 4) is 11.5 Å². The Kier molecular flexibility index (Phi) is 5.26. The topological polar surface area (TPSA) is 37.5 Å². The third-order valence-electron chi connectivity index (χ3n) is 6.75. The molecule has 0 bridgehead atoms. The zero-order valence-corrected chi connectivity index (χ0v) is 17.9. The van der Waals surface area contributed by atoms with Crippen molar-refractivity contribution in [3.05, 3.63) is 65.4 Å². The van der Waals surface area contributed by atoms with E-state index in [1.807, 2.05) is 0 Å². The predicted molar refractivity (Wildman–Crippen MR) is 122 cm³/mol. The number of hydrogen-bond donors (Lipinski definition) is 1. The highest BCUT2D eigenvalue weighted by molar-refractivity contribution is 5.88. The molecule has 1 atom stereocenters. The standard InChI is InChI=1S/C26H30N2O2/c1-29-25-15-22-21-14-18(8-9-23(21)27-24(22)16-26(25)30-2)17-28-12-10-20(11-13-28)19-6-4-3-5-7-19/h3-7,10,15-16,18,27H,8-9,11-14,17H2,1-2H3. The molecule has 156 valence electrons. The number of benzene rings is 2. The van der Waals surface area contributed by atoms with E-state index in [0.29, 0.717) is 5.92 Å². The van der Waals surface area contributed by atoms with Crippen molar-refractivity contribution in [2.24, 2.45) is 5.92 Å². The lowest BCUT2D eigenvalue weighted by molar-refractivity contribution is 0.238. The molecule has 30 heavy (non-hydrogen) atoms. The van der Waals surface area contributed by atoms with Crippen LogP contribution in [0.25, 0.3) is 16.5 Å². The second-order valence-corrected chi connectivity index (χ2v) is 8.55. The Morgan fingerprint density at radius 2 is 1.83 bits per heavy atom. The van der Waals surface area contributed by atoms with Crippen LogP contribution < -0.4 is 9.47 Å². The number of nitrogens with one attached hydrogen (secondary N) is 1. The van der Waals surface area contributed by atoms with Crippen molar-refractivity contribution >= 4 is 16.5 Å². The molecule has 3 aromatic rings. The van der Waals surface area contributed by atoms with Crippen LogP contribution in [0, 0.1) is 5.92 Å². The summed E-state index contributed by atoms with van der Waals surface area (Å²) in [4.78, 5) is 6.26. The minimum absolute atomic E-state index is 0.705. The Labute approximate surface area is 178 Å². The average Bonchev–Trinajstić information content (AvgIpc) is 3.16. The summed E-state index contributed by atoms with van der Waals surface area (Å²) >= 11 is 0. The fraction of sp³-hybridized carbons (Fsp3) is 0.385. The van der Waals surface area contributed by atoms with Gasteiger partial charge in [0.15, 0.2) is 11.5 Å². The molecule has 0 saturated heterocycles. The van der Waals surface area contributed by atoms with Gasteiger partial charge in [-0.3, -0.25) is 4.90 Å². The average molecular weight is 403 g/mol. The molecular formula is C26H30N2O2. The van der Waals surface area contributed by atoms with Gasteiger partial charge in [0.1, 0.15) is 0 Å². The maximum atomic E-state index is 5.55. The molecule has 2 heterocycles. The summed E-state index contributed by atoms with van der Waals surface area (Å²) in [7, 11) is 3.40. The van der Waals surface area contributed by atoms with Gasteiger partial charge in [-0.05, 0) is 54.4 Å². The molecule has 4 heteroatoms. The van der Waals surface area contributed by atoms with Crippen LogP contribution in [0.5, 0.6) is 11.5 Å². The fourth-order valence-electron chi connectivity index (χ4n) is 5.13. The van der Waals surface area contributed by atoms with Gasteiger partial charge in [-0.1, -0.05) is 36.4 Å². The smallest absolute Gasteiger partial charge is 0.162 e. The molecule has 1 N–H and O–H groups in total. The Bertz CT molecular complexity index is 1070. The van der Waals surface area contributed by atoms with Crippen molar-refractivity contribution in [2.75, 3.05) is 33.9 Å². The lowest BCUT2D eigenvalue weighted by Crippen LogP contribution is -2.35. The summed E-state index contributed by atoms with van der Waals surface area (Å²) in [6.07, 6.45) is 7.08. The SMILES string of the molecule is COc1cc2[nH]c3c(c2cc1OC)CC(CN1CC=C(c2ccccc2)CC1)CC3.